The zero-order chi connectivity index (χ0) is 38.5. The summed E-state index contributed by atoms with van der Waals surface area (Å²) in [7, 11) is 0. The summed E-state index contributed by atoms with van der Waals surface area (Å²) >= 11 is 0. The van der Waals surface area contributed by atoms with Crippen LogP contribution in [0.5, 0.6) is 5.75 Å². The molecule has 0 aromatic heterocycles. The summed E-state index contributed by atoms with van der Waals surface area (Å²) in [6.45, 7) is 1.81. The Morgan fingerprint density at radius 2 is 0.943 bits per heavy atom. The maximum Gasteiger partial charge on any atom is 0.323 e. The van der Waals surface area contributed by atoms with Crippen LogP contribution in [-0.4, -0.2) is 209 Å². The van der Waals surface area contributed by atoms with Gasteiger partial charge in [0.05, 0.1) is 39.6 Å². The van der Waals surface area contributed by atoms with E-state index in [0.717, 1.165) is 5.56 Å². The summed E-state index contributed by atoms with van der Waals surface area (Å²) in [6.07, 6.45) is 1.24. The molecule has 0 unspecified atom stereocenters. The maximum absolute atomic E-state index is 12.7. The van der Waals surface area contributed by atoms with E-state index < -0.39 is 67.9 Å². The third kappa shape index (κ3) is 17.5. The van der Waals surface area contributed by atoms with E-state index in [1.54, 1.807) is 4.90 Å². The van der Waals surface area contributed by atoms with E-state index in [4.69, 9.17) is 14.2 Å². The topological polar surface area (TPSA) is 251 Å². The second-order valence-electron chi connectivity index (χ2n) is 12.3. The summed E-state index contributed by atoms with van der Waals surface area (Å²) in [4.78, 5) is 54.6. The molecule has 2 rings (SSSR count). The molecule has 1 fully saturated rings. The van der Waals surface area contributed by atoms with E-state index >= 15 is 0 Å². The van der Waals surface area contributed by atoms with Crippen LogP contribution in [-0.2, 0) is 35.1 Å². The number of aliphatic hydroxyl groups is 3. The molecule has 1 aliphatic rings. The fraction of sp³-hybridized carbons (Fsp3) is 0.706. The number of nitrogens with zero attached hydrogens (tertiary/aromatic N) is 4. The number of carboxylic acids is 4. The molecule has 1 heterocycles. The average Bonchev–Trinajstić information content (AvgIpc) is 3.10. The van der Waals surface area contributed by atoms with Crippen LogP contribution < -0.4 is 4.74 Å². The van der Waals surface area contributed by atoms with Gasteiger partial charge in [0.25, 0.3) is 0 Å². The summed E-state index contributed by atoms with van der Waals surface area (Å²) in [5, 5.41) is 69.5. The van der Waals surface area contributed by atoms with Gasteiger partial charge >= 0.3 is 23.9 Å². The van der Waals surface area contributed by atoms with Crippen molar-refractivity contribution in [1.82, 2.24) is 19.6 Å². The molecule has 4 atom stereocenters. The Balaban J connectivity index is 0.0000140. The average molecular weight is 902 g/mol. The Morgan fingerprint density at radius 3 is 1.30 bits per heavy atom. The second kappa shape index (κ2) is 27.4. The third-order valence-corrected chi connectivity index (χ3v) is 9.06. The molecule has 0 aliphatic carbocycles. The molecule has 0 amide bonds. The number of aryl methyl sites for hydroxylation is 1. The predicted octanol–water partition coefficient (Wildman–Crippen LogP) is -1.55. The van der Waals surface area contributed by atoms with E-state index in [0.29, 0.717) is 51.6 Å². The summed E-state index contributed by atoms with van der Waals surface area (Å²) < 4.78 is 16.4. The number of rotatable bonds is 23. The number of hydrogen-bond acceptors (Lipinski definition) is 14. The minimum atomic E-state index is -1.38. The fourth-order valence-electron chi connectivity index (χ4n) is 6.07. The molecule has 18 nitrogen and oxygen atoms in total. The van der Waals surface area contributed by atoms with Gasteiger partial charge in [-0.05, 0) is 43.9 Å². The minimum absolute atomic E-state index is 0. The summed E-state index contributed by atoms with van der Waals surface area (Å²) in [5.41, 5.74) is 0.960. The number of aliphatic carboxylic acids is 4. The molecule has 1 aliphatic heterocycles. The van der Waals surface area contributed by atoms with Gasteiger partial charge in [0.2, 0.25) is 0 Å². The largest absolute Gasteiger partial charge is 0.491 e. The Labute approximate surface area is 341 Å². The summed E-state index contributed by atoms with van der Waals surface area (Å²) in [5.74, 6) is -4.43. The van der Waals surface area contributed by atoms with Gasteiger partial charge < -0.3 is 50.0 Å². The van der Waals surface area contributed by atoms with E-state index in [-0.39, 0.29) is 98.7 Å². The molecule has 53 heavy (non-hydrogen) atoms. The molecule has 0 radical (unpaired) electrons. The van der Waals surface area contributed by atoms with Crippen LogP contribution in [0.4, 0.5) is 0 Å². The first kappa shape index (κ1) is 48.9. The van der Waals surface area contributed by atoms with Crippen molar-refractivity contribution >= 4 is 23.9 Å². The first-order valence-electron chi connectivity index (χ1n) is 17.5. The number of aliphatic hydroxyl groups excluding tert-OH is 3. The Bertz CT molecular complexity index is 1180. The third-order valence-electron chi connectivity index (χ3n) is 9.06. The summed E-state index contributed by atoms with van der Waals surface area (Å²) in [6, 6.07) is 2.29. The first-order chi connectivity index (χ1) is 25.0. The van der Waals surface area contributed by atoms with Crippen molar-refractivity contribution in [1.29, 1.82) is 0 Å². The van der Waals surface area contributed by atoms with Crippen molar-refractivity contribution < 1.29 is 109 Å². The van der Waals surface area contributed by atoms with Gasteiger partial charge in [-0.1, -0.05) is 12.1 Å². The molecule has 0 bridgehead atoms. The number of benzene rings is 1. The van der Waals surface area contributed by atoms with Crippen LogP contribution >= 0.6 is 0 Å². The van der Waals surface area contributed by atoms with E-state index in [2.05, 4.69) is 0 Å². The standard InChI is InChI=1S/C34H56N4O14.Gd/c1-2-50-18-19-51-20-21-52-26-8-6-25(7-9-26)4-3-5-27(31(42)43)35-10-12-36(28(22-39)32(44)45)14-16-38(30(24-41)34(48)49)17-15-37(13-11-35)29(23-40)33(46)47;/h6-9,27-30,39-41H,2-5,10-24H2,1H3,(H,42,43)(H,44,45)(H,46,47)(H,48,49);/t27-,28+,29+,30-;/m0./s1. The minimum Gasteiger partial charge on any atom is -0.491 e. The first-order valence-corrected chi connectivity index (χ1v) is 17.5. The Kier molecular flexibility index (Phi) is 25.3. The second-order valence-corrected chi connectivity index (χ2v) is 12.3. The molecular formula is C34H56GdN4O14. The van der Waals surface area contributed by atoms with Crippen molar-refractivity contribution in [2.75, 3.05) is 105 Å². The van der Waals surface area contributed by atoms with Crippen LogP contribution in [0.1, 0.15) is 25.3 Å². The number of carbonyl (C=O) groups is 4. The van der Waals surface area contributed by atoms with Crippen molar-refractivity contribution in [3.05, 3.63) is 29.8 Å². The number of hydrogen-bond donors (Lipinski definition) is 7. The van der Waals surface area contributed by atoms with Gasteiger partial charge in [0.1, 0.15) is 36.5 Å². The molecule has 0 spiro atoms. The quantitative estimate of drug-likeness (QED) is 0.0615. The molecule has 7 N–H and O–H groups in total. The predicted molar refractivity (Wildman–Crippen MR) is 185 cm³/mol. The molecule has 19 heteroatoms. The zero-order valence-corrected chi connectivity index (χ0v) is 32.5. The van der Waals surface area contributed by atoms with Crippen molar-refractivity contribution in [3.63, 3.8) is 0 Å². The fourth-order valence-corrected chi connectivity index (χ4v) is 6.07. The zero-order valence-electron chi connectivity index (χ0n) is 30.2. The van der Waals surface area contributed by atoms with Gasteiger partial charge in [-0.25, -0.2) is 0 Å². The van der Waals surface area contributed by atoms with Gasteiger partial charge in [0, 0.05) is 98.9 Å². The molecular weight excluding hydrogens is 846 g/mol. The number of carboxylic acid groups (broad SMARTS) is 4. The molecule has 1 aromatic carbocycles. The van der Waals surface area contributed by atoms with Crippen LogP contribution in [0.3, 0.4) is 0 Å². The van der Waals surface area contributed by atoms with Crippen molar-refractivity contribution in [2.24, 2.45) is 0 Å². The number of ether oxygens (including phenoxy) is 3. The normalized spacial score (nSPS) is 18.0. The Hall–Kier alpha value is -2.14. The van der Waals surface area contributed by atoms with E-state index in [1.165, 1.54) is 14.7 Å². The van der Waals surface area contributed by atoms with Crippen LogP contribution in [0, 0.1) is 39.9 Å². The van der Waals surface area contributed by atoms with E-state index in [9.17, 15) is 54.9 Å². The molecule has 1 aromatic rings. The smallest absolute Gasteiger partial charge is 0.323 e. The Morgan fingerprint density at radius 1 is 0.585 bits per heavy atom. The van der Waals surface area contributed by atoms with Crippen molar-refractivity contribution in [3.8, 4) is 5.75 Å². The van der Waals surface area contributed by atoms with Gasteiger partial charge in [-0.2, -0.15) is 0 Å². The SMILES string of the molecule is CCOCCOCCOc1ccc(CCC[C@@H](C(=O)O)N2CCN([C@H](CO)C(=O)O)CCN([C@@H](CO)C(=O)O)CCN([C@H](CO)C(=O)O)CC2)cc1.[Gd]. The van der Waals surface area contributed by atoms with Crippen LogP contribution in [0.15, 0.2) is 24.3 Å². The molecule has 304 valence electrons. The molecule has 0 saturated carbocycles. The monoisotopic (exact) mass is 902 g/mol. The molecule has 1 saturated heterocycles. The van der Waals surface area contributed by atoms with Gasteiger partial charge in [0.15, 0.2) is 0 Å². The van der Waals surface area contributed by atoms with Crippen LogP contribution in [0.25, 0.3) is 0 Å². The van der Waals surface area contributed by atoms with Gasteiger partial charge in [-0.15, -0.1) is 0 Å². The van der Waals surface area contributed by atoms with E-state index in [1.807, 2.05) is 31.2 Å². The van der Waals surface area contributed by atoms with Crippen LogP contribution in [0.2, 0.25) is 0 Å². The maximum atomic E-state index is 12.7. The van der Waals surface area contributed by atoms with Crippen molar-refractivity contribution in [2.45, 2.75) is 50.4 Å². The van der Waals surface area contributed by atoms with Gasteiger partial charge in [-0.3, -0.25) is 38.8 Å².